The Morgan fingerprint density at radius 1 is 1.22 bits per heavy atom. The maximum absolute atomic E-state index is 6.03. The average Bonchev–Trinajstić information content (AvgIpc) is 2.42. The number of aromatic nitrogens is 2. The van der Waals surface area contributed by atoms with E-state index in [9.17, 15) is 0 Å². The minimum absolute atomic E-state index is 0.0485. The lowest BCUT2D eigenvalue weighted by Crippen LogP contribution is -2.24. The topological polar surface area (TPSA) is 63.8 Å². The lowest BCUT2D eigenvalue weighted by atomic mass is 10.0. The normalized spacial score (nSPS) is 12.3. The first-order valence-electron chi connectivity index (χ1n) is 6.15. The Kier molecular flexibility index (Phi) is 4.25. The largest absolute Gasteiger partial charge is 0.398 e. The van der Waals surface area contributed by atoms with Crippen molar-refractivity contribution in [3.05, 3.63) is 54.1 Å². The molecule has 1 atom stereocenters. The molecule has 2 heterocycles. The Morgan fingerprint density at radius 2 is 2.06 bits per heavy atom. The van der Waals surface area contributed by atoms with Crippen LogP contribution in [0.15, 0.2) is 43.0 Å². The summed E-state index contributed by atoms with van der Waals surface area (Å²) in [6, 6.07) is 5.86. The second-order valence-corrected chi connectivity index (χ2v) is 4.18. The van der Waals surface area contributed by atoms with Gasteiger partial charge in [-0.2, -0.15) is 0 Å². The van der Waals surface area contributed by atoms with Crippen molar-refractivity contribution in [1.82, 2.24) is 15.3 Å². The first kappa shape index (κ1) is 12.5. The Hall–Kier alpha value is -1.94. The lowest BCUT2D eigenvalue weighted by Gasteiger charge is -2.20. The summed E-state index contributed by atoms with van der Waals surface area (Å²) in [4.78, 5) is 8.33. The van der Waals surface area contributed by atoms with Crippen LogP contribution in [0.25, 0.3) is 0 Å². The summed E-state index contributed by atoms with van der Waals surface area (Å²) in [6.07, 6.45) is 8.22. The third kappa shape index (κ3) is 2.84. The molecule has 0 aliphatic carbocycles. The van der Waals surface area contributed by atoms with Gasteiger partial charge in [-0.15, -0.1) is 0 Å². The Balaban J connectivity index is 2.34. The van der Waals surface area contributed by atoms with Crippen molar-refractivity contribution in [2.75, 3.05) is 12.3 Å². The van der Waals surface area contributed by atoms with Crippen LogP contribution in [-0.2, 0) is 0 Å². The average molecular weight is 242 g/mol. The Labute approximate surface area is 107 Å². The molecule has 2 aromatic heterocycles. The second-order valence-electron chi connectivity index (χ2n) is 4.18. The van der Waals surface area contributed by atoms with Crippen LogP contribution in [-0.4, -0.2) is 16.5 Å². The van der Waals surface area contributed by atoms with Crippen LogP contribution >= 0.6 is 0 Å². The number of pyridine rings is 2. The molecular formula is C14H18N4. The SMILES string of the molecule is CCCNC(c1cccnc1)c1cnccc1N. The first-order valence-corrected chi connectivity index (χ1v) is 6.15. The summed E-state index contributed by atoms with van der Waals surface area (Å²) in [5.74, 6) is 0. The van der Waals surface area contributed by atoms with Gasteiger partial charge in [0.2, 0.25) is 0 Å². The third-order valence-electron chi connectivity index (χ3n) is 2.81. The van der Waals surface area contributed by atoms with Gasteiger partial charge in [0.15, 0.2) is 0 Å². The van der Waals surface area contributed by atoms with Gasteiger partial charge in [-0.25, -0.2) is 0 Å². The number of hydrogen-bond donors (Lipinski definition) is 2. The number of nitrogen functional groups attached to an aromatic ring is 1. The van der Waals surface area contributed by atoms with E-state index in [0.29, 0.717) is 0 Å². The molecule has 0 saturated heterocycles. The van der Waals surface area contributed by atoms with E-state index in [4.69, 9.17) is 5.73 Å². The predicted octanol–water partition coefficient (Wildman–Crippen LogP) is 2.15. The van der Waals surface area contributed by atoms with Crippen LogP contribution in [0.2, 0.25) is 0 Å². The number of nitrogens with one attached hydrogen (secondary N) is 1. The molecule has 3 N–H and O–H groups in total. The molecule has 0 fully saturated rings. The molecule has 0 aliphatic rings. The highest BCUT2D eigenvalue weighted by Crippen LogP contribution is 2.25. The summed E-state index contributed by atoms with van der Waals surface area (Å²) in [6.45, 7) is 3.06. The molecule has 4 heteroatoms. The minimum atomic E-state index is 0.0485. The number of hydrogen-bond acceptors (Lipinski definition) is 4. The molecule has 0 radical (unpaired) electrons. The molecule has 0 bridgehead atoms. The fourth-order valence-corrected chi connectivity index (χ4v) is 1.90. The van der Waals surface area contributed by atoms with Crippen LogP contribution in [0, 0.1) is 0 Å². The van der Waals surface area contributed by atoms with Crippen molar-refractivity contribution in [3.8, 4) is 0 Å². The summed E-state index contributed by atoms with van der Waals surface area (Å²) >= 11 is 0. The van der Waals surface area contributed by atoms with Gasteiger partial charge < -0.3 is 11.1 Å². The molecule has 0 amide bonds. The molecule has 18 heavy (non-hydrogen) atoms. The Morgan fingerprint density at radius 3 is 2.72 bits per heavy atom. The first-order chi connectivity index (χ1) is 8.83. The maximum Gasteiger partial charge on any atom is 0.0627 e. The monoisotopic (exact) mass is 242 g/mol. The van der Waals surface area contributed by atoms with Gasteiger partial charge in [0, 0.05) is 36.0 Å². The quantitative estimate of drug-likeness (QED) is 0.843. The van der Waals surface area contributed by atoms with Gasteiger partial charge in [0.1, 0.15) is 0 Å². The number of nitrogens with zero attached hydrogens (tertiary/aromatic N) is 2. The molecule has 0 spiro atoms. The molecule has 1 unspecified atom stereocenters. The molecule has 2 rings (SSSR count). The number of nitrogens with two attached hydrogens (primary N) is 1. The van der Waals surface area contributed by atoms with Gasteiger partial charge >= 0.3 is 0 Å². The lowest BCUT2D eigenvalue weighted by molar-refractivity contribution is 0.597. The van der Waals surface area contributed by atoms with Crippen molar-refractivity contribution >= 4 is 5.69 Å². The predicted molar refractivity (Wildman–Crippen MR) is 73.0 cm³/mol. The number of rotatable bonds is 5. The smallest absolute Gasteiger partial charge is 0.0627 e. The standard InChI is InChI=1S/C14H18N4/c1-2-6-18-14(11-4-3-7-16-9-11)12-10-17-8-5-13(12)15/h3-5,7-10,14,18H,2,6H2,1H3,(H2,15,17). The van der Waals surface area contributed by atoms with Gasteiger partial charge in [-0.05, 0) is 30.7 Å². The molecule has 94 valence electrons. The highest BCUT2D eigenvalue weighted by atomic mass is 14.9. The van der Waals surface area contributed by atoms with Crippen molar-refractivity contribution in [2.24, 2.45) is 0 Å². The summed E-state index contributed by atoms with van der Waals surface area (Å²) in [7, 11) is 0. The van der Waals surface area contributed by atoms with Crippen LogP contribution in [0.3, 0.4) is 0 Å². The van der Waals surface area contributed by atoms with E-state index in [2.05, 4.69) is 22.2 Å². The molecule has 0 aliphatic heterocycles. The van der Waals surface area contributed by atoms with E-state index >= 15 is 0 Å². The zero-order chi connectivity index (χ0) is 12.8. The third-order valence-corrected chi connectivity index (χ3v) is 2.81. The van der Waals surface area contributed by atoms with Gasteiger partial charge in [0.05, 0.1) is 6.04 Å². The maximum atomic E-state index is 6.03. The summed E-state index contributed by atoms with van der Waals surface area (Å²) < 4.78 is 0. The van der Waals surface area contributed by atoms with Crippen LogP contribution < -0.4 is 11.1 Å². The van der Waals surface area contributed by atoms with Gasteiger partial charge in [-0.3, -0.25) is 9.97 Å². The van der Waals surface area contributed by atoms with Crippen molar-refractivity contribution < 1.29 is 0 Å². The van der Waals surface area contributed by atoms with E-state index in [-0.39, 0.29) is 6.04 Å². The number of anilines is 1. The van der Waals surface area contributed by atoms with E-state index in [1.165, 1.54) is 0 Å². The van der Waals surface area contributed by atoms with E-state index < -0.39 is 0 Å². The van der Waals surface area contributed by atoms with E-state index in [0.717, 1.165) is 29.8 Å². The molecule has 4 nitrogen and oxygen atoms in total. The molecule has 0 saturated carbocycles. The van der Waals surface area contributed by atoms with E-state index in [1.54, 1.807) is 12.4 Å². The van der Waals surface area contributed by atoms with Crippen molar-refractivity contribution in [3.63, 3.8) is 0 Å². The summed E-state index contributed by atoms with van der Waals surface area (Å²) in [5.41, 5.74) is 8.88. The highest BCUT2D eigenvalue weighted by Gasteiger charge is 2.15. The van der Waals surface area contributed by atoms with Crippen LogP contribution in [0.5, 0.6) is 0 Å². The van der Waals surface area contributed by atoms with Gasteiger partial charge in [-0.1, -0.05) is 13.0 Å². The fraction of sp³-hybridized carbons (Fsp3) is 0.286. The zero-order valence-corrected chi connectivity index (χ0v) is 10.5. The highest BCUT2D eigenvalue weighted by molar-refractivity contribution is 5.49. The molecule has 2 aromatic rings. The Bertz CT molecular complexity index is 484. The fourth-order valence-electron chi connectivity index (χ4n) is 1.90. The zero-order valence-electron chi connectivity index (χ0n) is 10.5. The molecule has 0 aromatic carbocycles. The molecular weight excluding hydrogens is 224 g/mol. The van der Waals surface area contributed by atoms with Gasteiger partial charge in [0.25, 0.3) is 0 Å². The summed E-state index contributed by atoms with van der Waals surface area (Å²) in [5, 5.41) is 3.48. The van der Waals surface area contributed by atoms with Crippen LogP contribution in [0.1, 0.15) is 30.5 Å². The second kappa shape index (κ2) is 6.12. The van der Waals surface area contributed by atoms with Crippen molar-refractivity contribution in [2.45, 2.75) is 19.4 Å². The van der Waals surface area contributed by atoms with E-state index in [1.807, 2.05) is 30.6 Å². The van der Waals surface area contributed by atoms with Crippen molar-refractivity contribution in [1.29, 1.82) is 0 Å². The minimum Gasteiger partial charge on any atom is -0.398 e. The van der Waals surface area contributed by atoms with Crippen LogP contribution in [0.4, 0.5) is 5.69 Å².